The summed E-state index contributed by atoms with van der Waals surface area (Å²) in [5.74, 6) is 0. The molecule has 0 amide bonds. The molecule has 0 spiro atoms. The average Bonchev–Trinajstić information content (AvgIpc) is 2.76. The van der Waals surface area contributed by atoms with Gasteiger partial charge >= 0.3 is 0 Å². The minimum atomic E-state index is 0.484. The summed E-state index contributed by atoms with van der Waals surface area (Å²) >= 11 is 0. The topological polar surface area (TPSA) is 32.5 Å². The molecule has 1 fully saturated rings. The maximum atomic E-state index is 5.75. The van der Waals surface area contributed by atoms with Gasteiger partial charge in [-0.15, -0.1) is 0 Å². The van der Waals surface area contributed by atoms with E-state index in [2.05, 4.69) is 43.0 Å². The maximum Gasteiger partial charge on any atom is 0.0323 e. The molecule has 0 radical (unpaired) electrons. The van der Waals surface area contributed by atoms with E-state index in [0.717, 1.165) is 12.2 Å². The number of nitrogens with zero attached hydrogens (tertiary/aromatic N) is 2. The molecule has 18 heavy (non-hydrogen) atoms. The Hall–Kier alpha value is -1.06. The van der Waals surface area contributed by atoms with Crippen LogP contribution in [0.2, 0.25) is 0 Å². The van der Waals surface area contributed by atoms with Crippen LogP contribution < -0.4 is 5.73 Å². The van der Waals surface area contributed by atoms with Crippen LogP contribution in [0.1, 0.15) is 31.4 Å². The lowest BCUT2D eigenvalue weighted by molar-refractivity contribution is 0.162. The summed E-state index contributed by atoms with van der Waals surface area (Å²) in [6, 6.07) is 9.49. The number of rotatable bonds is 4. The van der Waals surface area contributed by atoms with Crippen molar-refractivity contribution in [1.29, 1.82) is 0 Å². The number of likely N-dealkylation sites (N-methyl/N-ethyl adjacent to an activating group) is 1. The van der Waals surface area contributed by atoms with E-state index in [-0.39, 0.29) is 0 Å². The Kier molecular flexibility index (Phi) is 4.25. The van der Waals surface area contributed by atoms with Crippen LogP contribution in [0.25, 0.3) is 0 Å². The first-order valence-corrected chi connectivity index (χ1v) is 6.84. The summed E-state index contributed by atoms with van der Waals surface area (Å²) in [6.07, 6.45) is 2.63. The molecule has 2 unspecified atom stereocenters. The first-order valence-electron chi connectivity index (χ1n) is 6.84. The molecule has 0 aliphatic carbocycles. The van der Waals surface area contributed by atoms with Crippen molar-refractivity contribution in [3.63, 3.8) is 0 Å². The second-order valence-corrected chi connectivity index (χ2v) is 5.64. The molecule has 1 saturated heterocycles. The van der Waals surface area contributed by atoms with E-state index < -0.39 is 0 Å². The molecule has 2 N–H and O–H groups in total. The van der Waals surface area contributed by atoms with Crippen LogP contribution in [0, 0.1) is 0 Å². The van der Waals surface area contributed by atoms with E-state index in [9.17, 15) is 0 Å². The van der Waals surface area contributed by atoms with Crippen molar-refractivity contribution in [3.05, 3.63) is 29.8 Å². The van der Waals surface area contributed by atoms with Gasteiger partial charge in [-0.1, -0.05) is 12.1 Å². The van der Waals surface area contributed by atoms with Gasteiger partial charge in [-0.2, -0.15) is 0 Å². The number of hydrogen-bond acceptors (Lipinski definition) is 3. The number of likely N-dealkylation sites (tertiary alicyclic amines) is 1. The van der Waals surface area contributed by atoms with Crippen molar-refractivity contribution in [1.82, 2.24) is 9.80 Å². The van der Waals surface area contributed by atoms with Gasteiger partial charge in [0.1, 0.15) is 0 Å². The fourth-order valence-corrected chi connectivity index (χ4v) is 2.95. The van der Waals surface area contributed by atoms with E-state index in [1.807, 2.05) is 12.1 Å². The highest BCUT2D eigenvalue weighted by molar-refractivity contribution is 5.40. The number of hydrogen-bond donors (Lipinski definition) is 1. The third-order valence-electron chi connectivity index (χ3n) is 3.91. The second-order valence-electron chi connectivity index (χ2n) is 5.64. The Morgan fingerprint density at radius 3 is 2.61 bits per heavy atom. The summed E-state index contributed by atoms with van der Waals surface area (Å²) in [5, 5.41) is 0. The Morgan fingerprint density at radius 1 is 1.33 bits per heavy atom. The van der Waals surface area contributed by atoms with Crippen LogP contribution in [0.3, 0.4) is 0 Å². The SMILES string of the molecule is CC(c1ccc(N)cc1)N1CCCC1CN(C)C. The first-order chi connectivity index (χ1) is 8.58. The van der Waals surface area contributed by atoms with Crippen LogP contribution in [-0.2, 0) is 0 Å². The normalized spacial score (nSPS) is 22.6. The van der Waals surface area contributed by atoms with Gasteiger partial charge in [0.15, 0.2) is 0 Å². The summed E-state index contributed by atoms with van der Waals surface area (Å²) in [4.78, 5) is 4.92. The highest BCUT2D eigenvalue weighted by Crippen LogP contribution is 2.29. The standard InChI is InChI=1S/C15H25N3/c1-12(13-6-8-14(16)9-7-13)18-10-4-5-15(18)11-17(2)3/h6-9,12,15H,4-5,10-11,16H2,1-3H3. The maximum absolute atomic E-state index is 5.75. The molecule has 1 aliphatic rings. The number of anilines is 1. The number of benzene rings is 1. The average molecular weight is 247 g/mol. The van der Waals surface area contributed by atoms with Gasteiger partial charge in [-0.3, -0.25) is 4.90 Å². The quantitative estimate of drug-likeness (QED) is 0.829. The molecule has 2 atom stereocenters. The van der Waals surface area contributed by atoms with Crippen molar-refractivity contribution in [2.24, 2.45) is 0 Å². The molecular formula is C15H25N3. The van der Waals surface area contributed by atoms with Crippen molar-refractivity contribution in [2.45, 2.75) is 31.8 Å². The van der Waals surface area contributed by atoms with Crippen molar-refractivity contribution in [3.8, 4) is 0 Å². The minimum Gasteiger partial charge on any atom is -0.399 e. The molecule has 0 bridgehead atoms. The summed E-state index contributed by atoms with van der Waals surface area (Å²) in [7, 11) is 4.31. The van der Waals surface area contributed by atoms with Gasteiger partial charge in [0, 0.05) is 24.3 Å². The number of nitrogens with two attached hydrogens (primary N) is 1. The van der Waals surface area contributed by atoms with E-state index in [1.54, 1.807) is 0 Å². The lowest BCUT2D eigenvalue weighted by atomic mass is 10.1. The zero-order valence-electron chi connectivity index (χ0n) is 11.8. The van der Waals surface area contributed by atoms with Crippen molar-refractivity contribution >= 4 is 5.69 Å². The lowest BCUT2D eigenvalue weighted by Gasteiger charge is -2.32. The predicted molar refractivity (Wildman–Crippen MR) is 77.6 cm³/mol. The molecule has 1 heterocycles. The van der Waals surface area contributed by atoms with Crippen LogP contribution in [-0.4, -0.2) is 43.0 Å². The fraction of sp³-hybridized carbons (Fsp3) is 0.600. The van der Waals surface area contributed by atoms with Gasteiger partial charge in [0.25, 0.3) is 0 Å². The monoisotopic (exact) mass is 247 g/mol. The molecule has 1 aliphatic heterocycles. The molecule has 3 nitrogen and oxygen atoms in total. The first kappa shape index (κ1) is 13.4. The van der Waals surface area contributed by atoms with E-state index in [1.165, 1.54) is 24.9 Å². The molecule has 100 valence electrons. The molecule has 2 rings (SSSR count). The zero-order valence-corrected chi connectivity index (χ0v) is 11.8. The Morgan fingerprint density at radius 2 is 2.00 bits per heavy atom. The van der Waals surface area contributed by atoms with Gasteiger partial charge in [0.2, 0.25) is 0 Å². The Balaban J connectivity index is 2.07. The van der Waals surface area contributed by atoms with Crippen molar-refractivity contribution < 1.29 is 0 Å². The van der Waals surface area contributed by atoms with Crippen LogP contribution in [0.5, 0.6) is 0 Å². The van der Waals surface area contributed by atoms with E-state index in [4.69, 9.17) is 5.73 Å². The van der Waals surface area contributed by atoms with Gasteiger partial charge in [-0.05, 0) is 58.1 Å². The summed E-state index contributed by atoms with van der Waals surface area (Å²) in [5.41, 5.74) is 7.97. The third-order valence-corrected chi connectivity index (χ3v) is 3.91. The highest BCUT2D eigenvalue weighted by atomic mass is 15.2. The molecular weight excluding hydrogens is 222 g/mol. The minimum absolute atomic E-state index is 0.484. The van der Waals surface area contributed by atoms with Gasteiger partial charge < -0.3 is 10.6 Å². The zero-order chi connectivity index (χ0) is 13.1. The molecule has 0 aromatic heterocycles. The smallest absolute Gasteiger partial charge is 0.0323 e. The van der Waals surface area contributed by atoms with Crippen molar-refractivity contribution in [2.75, 3.05) is 32.9 Å². The van der Waals surface area contributed by atoms with Gasteiger partial charge in [0.05, 0.1) is 0 Å². The van der Waals surface area contributed by atoms with Crippen LogP contribution in [0.15, 0.2) is 24.3 Å². The lowest BCUT2D eigenvalue weighted by Crippen LogP contribution is -2.38. The molecule has 1 aromatic carbocycles. The van der Waals surface area contributed by atoms with Crippen LogP contribution in [0.4, 0.5) is 5.69 Å². The highest BCUT2D eigenvalue weighted by Gasteiger charge is 2.29. The third kappa shape index (κ3) is 3.03. The summed E-state index contributed by atoms with van der Waals surface area (Å²) < 4.78 is 0. The van der Waals surface area contributed by atoms with Gasteiger partial charge in [-0.25, -0.2) is 0 Å². The van der Waals surface area contributed by atoms with E-state index >= 15 is 0 Å². The second kappa shape index (κ2) is 5.72. The summed E-state index contributed by atoms with van der Waals surface area (Å²) in [6.45, 7) is 4.67. The Labute approximate surface area is 111 Å². The number of nitrogen functional groups attached to an aromatic ring is 1. The molecule has 1 aromatic rings. The molecule has 3 heteroatoms. The van der Waals surface area contributed by atoms with E-state index in [0.29, 0.717) is 12.1 Å². The Bertz CT molecular complexity index is 372. The van der Waals surface area contributed by atoms with Crippen LogP contribution >= 0.6 is 0 Å². The predicted octanol–water partition coefficient (Wildman–Crippen LogP) is 2.36. The molecule has 0 saturated carbocycles. The fourth-order valence-electron chi connectivity index (χ4n) is 2.95. The largest absolute Gasteiger partial charge is 0.399 e.